The molecule has 2 aromatic carbocycles. The highest BCUT2D eigenvalue weighted by Crippen LogP contribution is 2.37. The average molecular weight is 452 g/mol. The lowest BCUT2D eigenvalue weighted by Crippen LogP contribution is -2.30. The van der Waals surface area contributed by atoms with Crippen molar-refractivity contribution in [1.29, 1.82) is 0 Å². The fourth-order valence-corrected chi connectivity index (χ4v) is 3.11. The normalized spacial score (nSPS) is 10.8. The van der Waals surface area contributed by atoms with Crippen LogP contribution in [0.1, 0.15) is 47.9 Å². The molecule has 0 saturated carbocycles. The van der Waals surface area contributed by atoms with Gasteiger partial charge < -0.3 is 19.5 Å². The molecule has 0 spiro atoms. The van der Waals surface area contributed by atoms with Crippen LogP contribution < -0.4 is 10.1 Å². The molecular weight excluding hydrogens is 425 g/mol. The number of benzene rings is 2. The lowest BCUT2D eigenvalue weighted by molar-refractivity contribution is 0.0526. The van der Waals surface area contributed by atoms with Crippen molar-refractivity contribution in [2.24, 2.45) is 0 Å². The van der Waals surface area contributed by atoms with Gasteiger partial charge in [0, 0.05) is 37.3 Å². The van der Waals surface area contributed by atoms with Crippen LogP contribution in [0.25, 0.3) is 11.1 Å². The summed E-state index contributed by atoms with van der Waals surface area (Å²) in [7, 11) is 1.58. The first-order chi connectivity index (χ1) is 14.8. The maximum Gasteiger partial charge on any atom is 0.338 e. The van der Waals surface area contributed by atoms with Crippen LogP contribution >= 0.6 is 11.6 Å². The van der Waals surface area contributed by atoms with E-state index < -0.39 is 11.8 Å². The number of halogens is 2. The molecule has 2 rings (SSSR count). The Bertz CT molecular complexity index is 932. The molecule has 1 amide bonds. The molecule has 8 heteroatoms. The topological polar surface area (TPSA) is 73.9 Å². The van der Waals surface area contributed by atoms with E-state index in [1.54, 1.807) is 14.0 Å². The van der Waals surface area contributed by atoms with Crippen molar-refractivity contribution < 1.29 is 28.2 Å². The van der Waals surface area contributed by atoms with E-state index in [0.29, 0.717) is 18.6 Å². The third kappa shape index (κ3) is 6.67. The van der Waals surface area contributed by atoms with Crippen LogP contribution in [0.4, 0.5) is 4.39 Å². The standard InChI is InChI=1S/C23H27ClFNO5/c1-5-30-23(28)15-7-8-20(25)16(11-15)17-12-19(24)18(22(27)26-14(2)3)13-21(17)31-10-6-9-29-4/h7-8,11-14H,5-6,9-10H2,1-4H3,(H,26,27). The summed E-state index contributed by atoms with van der Waals surface area (Å²) in [6.45, 7) is 6.32. The Morgan fingerprint density at radius 2 is 1.87 bits per heavy atom. The average Bonchev–Trinajstić information content (AvgIpc) is 2.71. The largest absolute Gasteiger partial charge is 0.493 e. The van der Waals surface area contributed by atoms with E-state index in [9.17, 15) is 14.0 Å². The SMILES string of the molecule is CCOC(=O)c1ccc(F)c(-c2cc(Cl)c(C(=O)NC(C)C)cc2OCCCOC)c1. The second kappa shape index (κ2) is 11.7. The van der Waals surface area contributed by atoms with Crippen molar-refractivity contribution in [3.8, 4) is 16.9 Å². The molecule has 0 bridgehead atoms. The van der Waals surface area contributed by atoms with E-state index in [4.69, 9.17) is 25.8 Å². The van der Waals surface area contributed by atoms with Gasteiger partial charge in [-0.2, -0.15) is 0 Å². The summed E-state index contributed by atoms with van der Waals surface area (Å²) in [5.74, 6) is -1.22. The predicted molar refractivity (Wildman–Crippen MR) is 117 cm³/mol. The number of rotatable bonds is 10. The fraction of sp³-hybridized carbons (Fsp3) is 0.391. The summed E-state index contributed by atoms with van der Waals surface area (Å²) in [6.07, 6.45) is 0.595. The van der Waals surface area contributed by atoms with Gasteiger partial charge in [-0.3, -0.25) is 4.79 Å². The second-order valence-electron chi connectivity index (χ2n) is 7.07. The molecule has 168 valence electrons. The van der Waals surface area contributed by atoms with Crippen LogP contribution in [-0.4, -0.2) is 44.8 Å². The molecule has 1 N–H and O–H groups in total. The minimum absolute atomic E-state index is 0.0898. The molecule has 0 unspecified atom stereocenters. The van der Waals surface area contributed by atoms with E-state index in [0.717, 1.165) is 0 Å². The third-order valence-corrected chi connectivity index (χ3v) is 4.56. The minimum Gasteiger partial charge on any atom is -0.493 e. The molecule has 0 fully saturated rings. The van der Waals surface area contributed by atoms with Crippen LogP contribution in [-0.2, 0) is 9.47 Å². The summed E-state index contributed by atoms with van der Waals surface area (Å²) in [4.78, 5) is 24.6. The minimum atomic E-state index is -0.565. The van der Waals surface area contributed by atoms with Crippen LogP contribution in [0.3, 0.4) is 0 Å². The zero-order valence-corrected chi connectivity index (χ0v) is 18.8. The highest BCUT2D eigenvalue weighted by atomic mass is 35.5. The Morgan fingerprint density at radius 1 is 1.13 bits per heavy atom. The van der Waals surface area contributed by atoms with Gasteiger partial charge >= 0.3 is 5.97 Å². The van der Waals surface area contributed by atoms with Crippen molar-refractivity contribution in [1.82, 2.24) is 5.32 Å². The zero-order chi connectivity index (χ0) is 23.0. The van der Waals surface area contributed by atoms with E-state index >= 15 is 0 Å². The van der Waals surface area contributed by atoms with Gasteiger partial charge in [-0.1, -0.05) is 11.6 Å². The van der Waals surface area contributed by atoms with Crippen LogP contribution in [0.5, 0.6) is 5.75 Å². The second-order valence-corrected chi connectivity index (χ2v) is 7.47. The van der Waals surface area contributed by atoms with Gasteiger partial charge in [-0.15, -0.1) is 0 Å². The Hall–Kier alpha value is -2.64. The van der Waals surface area contributed by atoms with Crippen molar-refractivity contribution in [3.05, 3.63) is 52.3 Å². The number of esters is 1. The van der Waals surface area contributed by atoms with Gasteiger partial charge in [0.2, 0.25) is 0 Å². The molecule has 0 aliphatic rings. The van der Waals surface area contributed by atoms with Crippen molar-refractivity contribution in [2.75, 3.05) is 26.9 Å². The van der Waals surface area contributed by atoms with Gasteiger partial charge in [0.15, 0.2) is 0 Å². The Morgan fingerprint density at radius 3 is 2.52 bits per heavy atom. The maximum atomic E-state index is 14.7. The Labute approximate surface area is 186 Å². The van der Waals surface area contributed by atoms with Gasteiger partial charge in [-0.05, 0) is 51.1 Å². The lowest BCUT2D eigenvalue weighted by Gasteiger charge is -2.17. The van der Waals surface area contributed by atoms with Gasteiger partial charge in [0.1, 0.15) is 11.6 Å². The number of hydrogen-bond donors (Lipinski definition) is 1. The number of ether oxygens (including phenoxy) is 3. The molecule has 6 nitrogen and oxygen atoms in total. The summed E-state index contributed by atoms with van der Waals surface area (Å²) in [6, 6.07) is 6.78. The first-order valence-electron chi connectivity index (χ1n) is 10.0. The first-order valence-corrected chi connectivity index (χ1v) is 10.4. The zero-order valence-electron chi connectivity index (χ0n) is 18.1. The predicted octanol–water partition coefficient (Wildman–Crippen LogP) is 4.88. The first kappa shape index (κ1) is 24.6. The highest BCUT2D eigenvalue weighted by molar-refractivity contribution is 6.34. The fourth-order valence-electron chi connectivity index (χ4n) is 2.86. The van der Waals surface area contributed by atoms with Crippen LogP contribution in [0.15, 0.2) is 30.3 Å². The van der Waals surface area contributed by atoms with Gasteiger partial charge in [0.25, 0.3) is 5.91 Å². The molecule has 0 aromatic heterocycles. The molecule has 0 aliphatic carbocycles. The molecular formula is C23H27ClFNO5. The molecule has 0 atom stereocenters. The number of methoxy groups -OCH3 is 1. The Kier molecular flexibility index (Phi) is 9.27. The quantitative estimate of drug-likeness (QED) is 0.412. The summed E-state index contributed by atoms with van der Waals surface area (Å²) in [5.41, 5.74) is 0.848. The lowest BCUT2D eigenvalue weighted by atomic mass is 9.99. The van der Waals surface area contributed by atoms with E-state index in [1.165, 1.54) is 30.3 Å². The Balaban J connectivity index is 2.54. The molecule has 0 radical (unpaired) electrons. The number of carbonyl (C=O) groups excluding carboxylic acids is 2. The molecule has 0 heterocycles. The third-order valence-electron chi connectivity index (χ3n) is 4.25. The summed E-state index contributed by atoms with van der Waals surface area (Å²) < 4.78 is 30.6. The van der Waals surface area contributed by atoms with Gasteiger partial charge in [-0.25, -0.2) is 9.18 Å². The van der Waals surface area contributed by atoms with Crippen molar-refractivity contribution >= 4 is 23.5 Å². The molecule has 2 aromatic rings. The van der Waals surface area contributed by atoms with Crippen molar-refractivity contribution in [2.45, 2.75) is 33.2 Å². The van der Waals surface area contributed by atoms with E-state index in [2.05, 4.69) is 5.32 Å². The highest BCUT2D eigenvalue weighted by Gasteiger charge is 2.20. The number of carbonyl (C=O) groups is 2. The van der Waals surface area contributed by atoms with Crippen LogP contribution in [0, 0.1) is 5.82 Å². The van der Waals surface area contributed by atoms with Crippen molar-refractivity contribution in [3.63, 3.8) is 0 Å². The molecule has 0 saturated heterocycles. The maximum absolute atomic E-state index is 14.7. The number of amides is 1. The number of hydrogen-bond acceptors (Lipinski definition) is 5. The summed E-state index contributed by atoms with van der Waals surface area (Å²) in [5, 5.41) is 2.92. The van der Waals surface area contributed by atoms with E-state index in [1.807, 2.05) is 13.8 Å². The monoisotopic (exact) mass is 451 g/mol. The number of nitrogens with one attached hydrogen (secondary N) is 1. The van der Waals surface area contributed by atoms with Gasteiger partial charge in [0.05, 0.1) is 29.4 Å². The molecule has 31 heavy (non-hydrogen) atoms. The van der Waals surface area contributed by atoms with Crippen LogP contribution in [0.2, 0.25) is 5.02 Å². The summed E-state index contributed by atoms with van der Waals surface area (Å²) >= 11 is 6.37. The van der Waals surface area contributed by atoms with E-state index in [-0.39, 0.29) is 52.6 Å². The smallest absolute Gasteiger partial charge is 0.338 e. The molecule has 0 aliphatic heterocycles.